The minimum absolute atomic E-state index is 0.0203. The van der Waals surface area contributed by atoms with Gasteiger partial charge in [0, 0.05) is 12.6 Å². The molecule has 0 aromatic rings. The molecule has 2 N–H and O–H groups in total. The summed E-state index contributed by atoms with van der Waals surface area (Å²) in [5.41, 5.74) is -0.514. The van der Waals surface area contributed by atoms with Crippen LogP contribution in [0.1, 0.15) is 33.6 Å². The lowest BCUT2D eigenvalue weighted by atomic mass is 10.1. The number of carboxylic acids is 1. The zero-order valence-electron chi connectivity index (χ0n) is 11.2. The Labute approximate surface area is 107 Å². The second-order valence-corrected chi connectivity index (χ2v) is 5.61. The van der Waals surface area contributed by atoms with Gasteiger partial charge in [-0.2, -0.15) is 0 Å². The van der Waals surface area contributed by atoms with Crippen molar-refractivity contribution in [3.63, 3.8) is 0 Å². The van der Waals surface area contributed by atoms with Crippen LogP contribution in [0.3, 0.4) is 0 Å². The Bertz CT molecular complexity index is 312. The number of hydrogen-bond acceptors (Lipinski definition) is 4. The van der Waals surface area contributed by atoms with Crippen LogP contribution in [0.2, 0.25) is 0 Å². The van der Waals surface area contributed by atoms with E-state index in [4.69, 9.17) is 9.84 Å². The predicted octanol–water partition coefficient (Wildman–Crippen LogP) is 1.06. The average molecular weight is 258 g/mol. The standard InChI is InChI=1S/C12H22N2O4/c1-12(2,3)18-11(17)13-9-5-4-6-14(7-9)8-10(15)16/h9H,4-8H2,1-3H3,(H,13,17)(H,15,16). The van der Waals surface area contributed by atoms with Crippen LogP contribution in [0.25, 0.3) is 0 Å². The summed E-state index contributed by atoms with van der Waals surface area (Å²) >= 11 is 0. The van der Waals surface area contributed by atoms with E-state index in [2.05, 4.69) is 5.32 Å². The molecule has 1 aliphatic rings. The van der Waals surface area contributed by atoms with Crippen molar-refractivity contribution >= 4 is 12.1 Å². The Balaban J connectivity index is 2.38. The first kappa shape index (κ1) is 14.8. The smallest absolute Gasteiger partial charge is 0.407 e. The summed E-state index contributed by atoms with van der Waals surface area (Å²) in [5, 5.41) is 11.5. The molecular weight excluding hydrogens is 236 g/mol. The summed E-state index contributed by atoms with van der Waals surface area (Å²) in [6.07, 6.45) is 1.30. The maximum atomic E-state index is 11.6. The highest BCUT2D eigenvalue weighted by molar-refractivity contribution is 5.69. The SMILES string of the molecule is CC(C)(C)OC(=O)NC1CCCN(CC(=O)O)C1. The van der Waals surface area contributed by atoms with E-state index in [0.29, 0.717) is 6.54 Å². The monoisotopic (exact) mass is 258 g/mol. The Hall–Kier alpha value is -1.30. The third-order valence-corrected chi connectivity index (χ3v) is 2.59. The molecule has 1 aliphatic heterocycles. The van der Waals surface area contributed by atoms with Crippen molar-refractivity contribution in [3.05, 3.63) is 0 Å². The predicted molar refractivity (Wildman–Crippen MR) is 66.5 cm³/mol. The Kier molecular flexibility index (Phi) is 4.95. The molecule has 1 amide bonds. The number of rotatable bonds is 3. The molecule has 1 rings (SSSR count). The molecule has 104 valence electrons. The molecule has 1 saturated heterocycles. The number of ether oxygens (including phenoxy) is 1. The van der Waals surface area contributed by atoms with E-state index in [9.17, 15) is 9.59 Å². The van der Waals surface area contributed by atoms with Crippen molar-refractivity contribution in [2.75, 3.05) is 19.6 Å². The number of carbonyl (C=O) groups excluding carboxylic acids is 1. The number of aliphatic carboxylic acids is 1. The van der Waals surface area contributed by atoms with Gasteiger partial charge in [-0.15, -0.1) is 0 Å². The number of alkyl carbamates (subject to hydrolysis) is 1. The van der Waals surface area contributed by atoms with Crippen LogP contribution in [-0.4, -0.2) is 53.3 Å². The largest absolute Gasteiger partial charge is 0.480 e. The first-order valence-corrected chi connectivity index (χ1v) is 6.20. The normalized spacial score (nSPS) is 21.4. The molecule has 18 heavy (non-hydrogen) atoms. The van der Waals surface area contributed by atoms with Gasteiger partial charge in [0.25, 0.3) is 0 Å². The van der Waals surface area contributed by atoms with Gasteiger partial charge in [0.1, 0.15) is 5.60 Å². The van der Waals surface area contributed by atoms with Crippen molar-refractivity contribution in [3.8, 4) is 0 Å². The fourth-order valence-electron chi connectivity index (χ4n) is 1.98. The minimum Gasteiger partial charge on any atom is -0.480 e. The third-order valence-electron chi connectivity index (χ3n) is 2.59. The van der Waals surface area contributed by atoms with Gasteiger partial charge in [-0.1, -0.05) is 0 Å². The molecule has 1 unspecified atom stereocenters. The quantitative estimate of drug-likeness (QED) is 0.791. The molecule has 1 fully saturated rings. The Morgan fingerprint density at radius 1 is 1.44 bits per heavy atom. The van der Waals surface area contributed by atoms with Crippen molar-refractivity contribution in [2.24, 2.45) is 0 Å². The van der Waals surface area contributed by atoms with Crippen molar-refractivity contribution in [1.29, 1.82) is 0 Å². The number of carboxylic acid groups (broad SMARTS) is 1. The Morgan fingerprint density at radius 3 is 2.67 bits per heavy atom. The van der Waals surface area contributed by atoms with E-state index in [0.717, 1.165) is 19.4 Å². The van der Waals surface area contributed by atoms with Crippen molar-refractivity contribution in [2.45, 2.75) is 45.3 Å². The van der Waals surface area contributed by atoms with Gasteiger partial charge in [-0.05, 0) is 40.2 Å². The molecule has 0 saturated carbocycles. The number of hydrogen-bond donors (Lipinski definition) is 2. The minimum atomic E-state index is -0.840. The maximum absolute atomic E-state index is 11.6. The van der Waals surface area contributed by atoms with Crippen LogP contribution >= 0.6 is 0 Å². The van der Waals surface area contributed by atoms with Gasteiger partial charge in [-0.3, -0.25) is 9.69 Å². The lowest BCUT2D eigenvalue weighted by molar-refractivity contribution is -0.138. The highest BCUT2D eigenvalue weighted by Gasteiger charge is 2.24. The third kappa shape index (κ3) is 5.86. The highest BCUT2D eigenvalue weighted by atomic mass is 16.6. The molecule has 0 aromatic carbocycles. The molecule has 6 heteroatoms. The number of nitrogens with one attached hydrogen (secondary N) is 1. The molecular formula is C12H22N2O4. The van der Waals surface area contributed by atoms with Crippen LogP contribution in [0.5, 0.6) is 0 Å². The molecule has 1 heterocycles. The number of amides is 1. The van der Waals surface area contributed by atoms with E-state index < -0.39 is 17.7 Å². The first-order valence-electron chi connectivity index (χ1n) is 6.20. The van der Waals surface area contributed by atoms with Crippen LogP contribution in [-0.2, 0) is 9.53 Å². The zero-order chi connectivity index (χ0) is 13.8. The van der Waals surface area contributed by atoms with Gasteiger partial charge >= 0.3 is 12.1 Å². The van der Waals surface area contributed by atoms with Crippen LogP contribution in [0, 0.1) is 0 Å². The summed E-state index contributed by atoms with van der Waals surface area (Å²) in [7, 11) is 0. The van der Waals surface area contributed by atoms with E-state index in [-0.39, 0.29) is 12.6 Å². The summed E-state index contributed by atoms with van der Waals surface area (Å²) in [6, 6.07) is -0.0343. The van der Waals surface area contributed by atoms with E-state index >= 15 is 0 Å². The number of carbonyl (C=O) groups is 2. The fourth-order valence-corrected chi connectivity index (χ4v) is 1.98. The summed E-state index contributed by atoms with van der Waals surface area (Å²) in [5.74, 6) is -0.840. The average Bonchev–Trinajstić information content (AvgIpc) is 2.13. The molecule has 0 spiro atoms. The Morgan fingerprint density at radius 2 is 2.11 bits per heavy atom. The number of likely N-dealkylation sites (tertiary alicyclic amines) is 1. The lowest BCUT2D eigenvalue weighted by Crippen LogP contribution is -2.49. The second-order valence-electron chi connectivity index (χ2n) is 5.61. The lowest BCUT2D eigenvalue weighted by Gasteiger charge is -2.32. The number of nitrogens with zero attached hydrogens (tertiary/aromatic N) is 1. The maximum Gasteiger partial charge on any atom is 0.407 e. The van der Waals surface area contributed by atoms with Gasteiger partial charge in [-0.25, -0.2) is 4.79 Å². The van der Waals surface area contributed by atoms with E-state index in [1.807, 2.05) is 25.7 Å². The molecule has 6 nitrogen and oxygen atoms in total. The van der Waals surface area contributed by atoms with Crippen molar-refractivity contribution in [1.82, 2.24) is 10.2 Å². The van der Waals surface area contributed by atoms with Gasteiger partial charge in [0.05, 0.1) is 6.54 Å². The van der Waals surface area contributed by atoms with Gasteiger partial charge in [0.2, 0.25) is 0 Å². The molecule has 0 aromatic heterocycles. The highest BCUT2D eigenvalue weighted by Crippen LogP contribution is 2.11. The van der Waals surface area contributed by atoms with Crippen LogP contribution in [0.15, 0.2) is 0 Å². The van der Waals surface area contributed by atoms with Crippen molar-refractivity contribution < 1.29 is 19.4 Å². The summed E-state index contributed by atoms with van der Waals surface area (Å²) < 4.78 is 5.17. The van der Waals surface area contributed by atoms with Crippen LogP contribution in [0.4, 0.5) is 4.79 Å². The molecule has 0 aliphatic carbocycles. The molecule has 0 radical (unpaired) electrons. The summed E-state index contributed by atoms with van der Waals surface area (Å²) in [4.78, 5) is 24.0. The summed E-state index contributed by atoms with van der Waals surface area (Å²) in [6.45, 7) is 6.77. The van der Waals surface area contributed by atoms with E-state index in [1.165, 1.54) is 0 Å². The van der Waals surface area contributed by atoms with E-state index in [1.54, 1.807) is 0 Å². The fraction of sp³-hybridized carbons (Fsp3) is 0.833. The molecule has 0 bridgehead atoms. The van der Waals surface area contributed by atoms with Crippen LogP contribution < -0.4 is 5.32 Å². The molecule has 1 atom stereocenters. The van der Waals surface area contributed by atoms with Gasteiger partial charge in [0.15, 0.2) is 0 Å². The number of piperidine rings is 1. The zero-order valence-corrected chi connectivity index (χ0v) is 11.2. The topological polar surface area (TPSA) is 78.9 Å². The first-order chi connectivity index (χ1) is 8.26. The second kappa shape index (κ2) is 6.04. The van der Waals surface area contributed by atoms with Gasteiger partial charge < -0.3 is 15.2 Å².